The van der Waals surface area contributed by atoms with E-state index in [1.54, 1.807) is 0 Å². The van der Waals surface area contributed by atoms with Crippen molar-refractivity contribution in [3.8, 4) is 0 Å². The zero-order chi connectivity index (χ0) is 13.0. The molecule has 1 fully saturated rings. The normalized spacial score (nSPS) is 18.2. The molecule has 0 aromatic heterocycles. The van der Waals surface area contributed by atoms with Gasteiger partial charge >= 0.3 is 0 Å². The van der Waals surface area contributed by atoms with Gasteiger partial charge in [-0.2, -0.15) is 0 Å². The van der Waals surface area contributed by atoms with Gasteiger partial charge in [0, 0.05) is 23.5 Å². The summed E-state index contributed by atoms with van der Waals surface area (Å²) in [4.78, 5) is 13.5. The van der Waals surface area contributed by atoms with Gasteiger partial charge in [0.2, 0.25) is 0 Å². The second-order valence-electron chi connectivity index (χ2n) is 5.45. The fourth-order valence-electron chi connectivity index (χ4n) is 2.90. The maximum Gasteiger partial charge on any atom is 0.127 e. The van der Waals surface area contributed by atoms with Crippen molar-refractivity contribution >= 4 is 17.9 Å². The summed E-state index contributed by atoms with van der Waals surface area (Å²) in [6, 6.07) is 7.90. The Morgan fingerprint density at radius 1 is 1.33 bits per heavy atom. The highest BCUT2D eigenvalue weighted by Gasteiger charge is 2.34. The average molecular weight is 266 g/mol. The lowest BCUT2D eigenvalue weighted by atomic mass is 9.87. The molecule has 0 aliphatic heterocycles. The number of carbonyl (C=O) groups excluding carboxylic acids is 1. The lowest BCUT2D eigenvalue weighted by molar-refractivity contribution is -0.116. The summed E-state index contributed by atoms with van der Waals surface area (Å²) in [5, 5.41) is 0.802. The molecule has 0 saturated heterocycles. The largest absolute Gasteiger partial charge is 0.303 e. The smallest absolute Gasteiger partial charge is 0.127 e. The van der Waals surface area contributed by atoms with E-state index in [0.29, 0.717) is 0 Å². The van der Waals surface area contributed by atoms with Gasteiger partial charge in [-0.1, -0.05) is 42.6 Å². The Morgan fingerprint density at radius 3 is 2.61 bits per heavy atom. The summed E-state index contributed by atoms with van der Waals surface area (Å²) in [5.74, 6) is 0. The number of carbonyl (C=O) groups is 1. The molecule has 3 heteroatoms. The molecule has 0 N–H and O–H groups in total. The first-order valence-electron chi connectivity index (χ1n) is 6.53. The summed E-state index contributed by atoms with van der Waals surface area (Å²) < 4.78 is 0. The van der Waals surface area contributed by atoms with Crippen molar-refractivity contribution in [2.75, 3.05) is 13.6 Å². The molecule has 1 aliphatic carbocycles. The minimum Gasteiger partial charge on any atom is -0.303 e. The average Bonchev–Trinajstić information content (AvgIpc) is 2.81. The number of nitrogens with zero attached hydrogens (tertiary/aromatic N) is 1. The van der Waals surface area contributed by atoms with Crippen LogP contribution in [0.1, 0.15) is 31.2 Å². The first-order valence-corrected chi connectivity index (χ1v) is 6.91. The Morgan fingerprint density at radius 2 is 2.00 bits per heavy atom. The molecule has 1 aliphatic rings. The lowest BCUT2D eigenvalue weighted by Crippen LogP contribution is -2.34. The molecule has 1 saturated carbocycles. The van der Waals surface area contributed by atoms with Gasteiger partial charge in [-0.05, 0) is 31.5 Å². The van der Waals surface area contributed by atoms with E-state index in [9.17, 15) is 4.79 Å². The van der Waals surface area contributed by atoms with E-state index < -0.39 is 0 Å². The van der Waals surface area contributed by atoms with E-state index in [0.717, 1.165) is 36.5 Å². The van der Waals surface area contributed by atoms with Crippen molar-refractivity contribution in [2.24, 2.45) is 5.41 Å². The highest BCUT2D eigenvalue weighted by atomic mass is 35.5. The maximum absolute atomic E-state index is 11.3. The second kappa shape index (κ2) is 5.85. The van der Waals surface area contributed by atoms with Gasteiger partial charge < -0.3 is 9.69 Å². The molecule has 98 valence electrons. The third kappa shape index (κ3) is 3.12. The van der Waals surface area contributed by atoms with Crippen LogP contribution in [-0.2, 0) is 11.3 Å². The Kier molecular flexibility index (Phi) is 4.41. The third-order valence-corrected chi connectivity index (χ3v) is 4.20. The third-order valence-electron chi connectivity index (χ3n) is 3.83. The molecule has 2 rings (SSSR count). The SMILES string of the molecule is CN(Cc1ccccc1Cl)CC1(C=O)CCCC1. The Bertz CT molecular complexity index is 413. The van der Waals surface area contributed by atoms with Gasteiger partial charge in [0.25, 0.3) is 0 Å². The number of hydrogen-bond acceptors (Lipinski definition) is 2. The molecule has 0 amide bonds. The van der Waals surface area contributed by atoms with Crippen LogP contribution in [0.15, 0.2) is 24.3 Å². The number of rotatable bonds is 5. The highest BCUT2D eigenvalue weighted by Crippen LogP contribution is 2.37. The monoisotopic (exact) mass is 265 g/mol. The van der Waals surface area contributed by atoms with Crippen LogP contribution in [0, 0.1) is 5.41 Å². The lowest BCUT2D eigenvalue weighted by Gasteiger charge is -2.28. The first kappa shape index (κ1) is 13.6. The molecule has 1 aromatic rings. The number of benzene rings is 1. The number of hydrogen-bond donors (Lipinski definition) is 0. The van der Waals surface area contributed by atoms with Crippen LogP contribution in [0.25, 0.3) is 0 Å². The van der Waals surface area contributed by atoms with Crippen LogP contribution in [-0.4, -0.2) is 24.8 Å². The van der Waals surface area contributed by atoms with Crippen molar-refractivity contribution in [3.63, 3.8) is 0 Å². The zero-order valence-electron chi connectivity index (χ0n) is 10.9. The van der Waals surface area contributed by atoms with E-state index in [2.05, 4.69) is 11.9 Å². The summed E-state index contributed by atoms with van der Waals surface area (Å²) in [6.07, 6.45) is 5.59. The molecule has 18 heavy (non-hydrogen) atoms. The molecular formula is C15H20ClNO. The molecule has 1 aromatic carbocycles. The molecule has 0 spiro atoms. The van der Waals surface area contributed by atoms with Crippen molar-refractivity contribution in [1.82, 2.24) is 4.90 Å². The molecule has 0 unspecified atom stereocenters. The van der Waals surface area contributed by atoms with Gasteiger partial charge in [-0.3, -0.25) is 0 Å². The summed E-state index contributed by atoms with van der Waals surface area (Å²) in [6.45, 7) is 1.64. The van der Waals surface area contributed by atoms with Crippen LogP contribution in [0.2, 0.25) is 5.02 Å². The highest BCUT2D eigenvalue weighted by molar-refractivity contribution is 6.31. The molecule has 0 bridgehead atoms. The van der Waals surface area contributed by atoms with Gasteiger partial charge in [-0.25, -0.2) is 0 Å². The quantitative estimate of drug-likeness (QED) is 0.759. The number of aldehydes is 1. The van der Waals surface area contributed by atoms with E-state index >= 15 is 0 Å². The fourth-order valence-corrected chi connectivity index (χ4v) is 3.10. The standard InChI is InChI=1S/C15H20ClNO/c1-17(10-13-6-2-3-7-14(13)16)11-15(12-18)8-4-5-9-15/h2-3,6-7,12H,4-5,8-11H2,1H3. The van der Waals surface area contributed by atoms with Gasteiger partial charge in [0.1, 0.15) is 6.29 Å². The van der Waals surface area contributed by atoms with E-state index in [1.807, 2.05) is 24.3 Å². The molecule has 0 heterocycles. The van der Waals surface area contributed by atoms with E-state index in [4.69, 9.17) is 11.6 Å². The van der Waals surface area contributed by atoms with Gasteiger partial charge in [0.05, 0.1) is 0 Å². The summed E-state index contributed by atoms with van der Waals surface area (Å²) >= 11 is 6.16. The van der Waals surface area contributed by atoms with Crippen molar-refractivity contribution in [2.45, 2.75) is 32.2 Å². The minimum atomic E-state index is -0.115. The van der Waals surface area contributed by atoms with E-state index in [1.165, 1.54) is 19.1 Å². The molecule has 0 radical (unpaired) electrons. The Balaban J connectivity index is 1.98. The van der Waals surface area contributed by atoms with Crippen LogP contribution >= 0.6 is 11.6 Å². The molecule has 2 nitrogen and oxygen atoms in total. The predicted octanol–water partition coefficient (Wildman–Crippen LogP) is 3.53. The fraction of sp³-hybridized carbons (Fsp3) is 0.533. The topological polar surface area (TPSA) is 20.3 Å². The molecular weight excluding hydrogens is 246 g/mol. The van der Waals surface area contributed by atoms with Crippen molar-refractivity contribution in [1.29, 1.82) is 0 Å². The maximum atomic E-state index is 11.3. The van der Waals surface area contributed by atoms with Crippen molar-refractivity contribution in [3.05, 3.63) is 34.9 Å². The number of halogens is 1. The van der Waals surface area contributed by atoms with Crippen LogP contribution < -0.4 is 0 Å². The van der Waals surface area contributed by atoms with Crippen LogP contribution in [0.4, 0.5) is 0 Å². The first-order chi connectivity index (χ1) is 8.65. The Hall–Kier alpha value is -0.860. The van der Waals surface area contributed by atoms with Gasteiger partial charge in [0.15, 0.2) is 0 Å². The van der Waals surface area contributed by atoms with Gasteiger partial charge in [-0.15, -0.1) is 0 Å². The Labute approximate surface area is 114 Å². The van der Waals surface area contributed by atoms with Crippen LogP contribution in [0.5, 0.6) is 0 Å². The van der Waals surface area contributed by atoms with Crippen molar-refractivity contribution < 1.29 is 4.79 Å². The molecule has 0 atom stereocenters. The summed E-state index contributed by atoms with van der Waals surface area (Å²) in [7, 11) is 2.06. The summed E-state index contributed by atoms with van der Waals surface area (Å²) in [5.41, 5.74) is 1.01. The predicted molar refractivity (Wildman–Crippen MR) is 74.8 cm³/mol. The second-order valence-corrected chi connectivity index (χ2v) is 5.86. The van der Waals surface area contributed by atoms with E-state index in [-0.39, 0.29) is 5.41 Å². The minimum absolute atomic E-state index is 0.115. The van der Waals surface area contributed by atoms with Crippen LogP contribution in [0.3, 0.4) is 0 Å². The zero-order valence-corrected chi connectivity index (χ0v) is 11.6.